The second-order valence-electron chi connectivity index (χ2n) is 9.28. The molecule has 1 aliphatic rings. The van der Waals surface area contributed by atoms with E-state index < -0.39 is 70.6 Å². The average molecular weight is 508 g/mol. The molecule has 0 aromatic heterocycles. The van der Waals surface area contributed by atoms with Gasteiger partial charge in [-0.15, -0.1) is 0 Å². The van der Waals surface area contributed by atoms with Gasteiger partial charge in [0.2, 0.25) is 5.91 Å². The Balaban J connectivity index is 3.19. The van der Waals surface area contributed by atoms with Crippen LogP contribution < -0.4 is 27.4 Å². The van der Waals surface area contributed by atoms with Crippen molar-refractivity contribution in [2.45, 2.75) is 70.4 Å². The number of carbonyl (C=O) groups excluding carboxylic acids is 5. The molecule has 1 saturated heterocycles. The summed E-state index contributed by atoms with van der Waals surface area (Å²) in [6.07, 6.45) is -6.16. The van der Waals surface area contributed by atoms with E-state index in [2.05, 4.69) is 10.6 Å². The van der Waals surface area contributed by atoms with Gasteiger partial charge in [0.25, 0.3) is 5.91 Å². The molecule has 0 aliphatic carbocycles. The minimum absolute atomic E-state index is 0.0978. The molecule has 0 aromatic rings. The Bertz CT molecular complexity index is 881. The molecule has 1 heterocycles. The number of primary amides is 1. The zero-order valence-corrected chi connectivity index (χ0v) is 19.9. The van der Waals surface area contributed by atoms with Crippen molar-refractivity contribution in [3.63, 3.8) is 0 Å². The molecule has 8 N–H and O–H groups in total. The van der Waals surface area contributed by atoms with E-state index >= 15 is 0 Å². The van der Waals surface area contributed by atoms with Gasteiger partial charge in [0.15, 0.2) is 23.2 Å². The number of imide groups is 1. The monoisotopic (exact) mass is 507 g/mol. The van der Waals surface area contributed by atoms with Gasteiger partial charge in [0.1, 0.15) is 0 Å². The molecule has 0 saturated carbocycles. The van der Waals surface area contributed by atoms with Gasteiger partial charge in [-0.05, 0) is 31.4 Å². The Morgan fingerprint density at radius 2 is 1.69 bits per heavy atom. The molecular weight excluding hydrogens is 475 g/mol. The first kappa shape index (κ1) is 30.2. The maximum absolute atomic E-state index is 13.4. The predicted molar refractivity (Wildman–Crippen MR) is 117 cm³/mol. The minimum atomic E-state index is -5.01. The number of hydrogen-bond acceptors (Lipinski definition) is 8. The van der Waals surface area contributed by atoms with Crippen molar-refractivity contribution < 1.29 is 42.3 Å². The normalized spacial score (nSPS) is 21.4. The van der Waals surface area contributed by atoms with Gasteiger partial charge < -0.3 is 21.9 Å². The van der Waals surface area contributed by atoms with E-state index in [-0.39, 0.29) is 13.0 Å². The van der Waals surface area contributed by atoms with Gasteiger partial charge in [-0.3, -0.25) is 29.8 Å². The molecule has 198 valence electrons. The first-order valence-corrected chi connectivity index (χ1v) is 10.8. The lowest BCUT2D eigenvalue weighted by molar-refractivity contribution is -0.215. The van der Waals surface area contributed by atoms with Crippen LogP contribution in [0.25, 0.3) is 0 Å². The number of aliphatic hydroxyl groups is 1. The van der Waals surface area contributed by atoms with Gasteiger partial charge in [-0.1, -0.05) is 27.7 Å². The van der Waals surface area contributed by atoms with Crippen molar-refractivity contribution in [1.29, 1.82) is 0 Å². The standard InChI is InChI=1S/C21H32F3N5O6/c1-10(2)13(15(32)21(22,23)24)29-17(34)20(8-5-9-27-20)16(33)14(25)19(3,4)11(30)6-7-12(31)28-18(26)35/h6-7,10,13-15,27,32H,5,8-9,25H2,1-4H3,(H,29,34)(H3,26,28,31,35)/b7-6-/t13?,14-,15?,20+/m1/s1. The van der Waals surface area contributed by atoms with E-state index in [4.69, 9.17) is 11.5 Å². The van der Waals surface area contributed by atoms with E-state index in [1.165, 1.54) is 27.7 Å². The Morgan fingerprint density at radius 1 is 1.11 bits per heavy atom. The van der Waals surface area contributed by atoms with Crippen LogP contribution >= 0.6 is 0 Å². The Morgan fingerprint density at radius 3 is 2.11 bits per heavy atom. The zero-order valence-electron chi connectivity index (χ0n) is 19.9. The summed E-state index contributed by atoms with van der Waals surface area (Å²) in [5, 5.41) is 16.3. The highest BCUT2D eigenvalue weighted by molar-refractivity contribution is 6.15. The summed E-state index contributed by atoms with van der Waals surface area (Å²) < 4.78 is 39.3. The molecule has 0 spiro atoms. The van der Waals surface area contributed by atoms with Crippen LogP contribution in [0.2, 0.25) is 0 Å². The van der Waals surface area contributed by atoms with Crippen LogP contribution in [0.15, 0.2) is 12.2 Å². The second-order valence-corrected chi connectivity index (χ2v) is 9.28. The molecule has 1 aliphatic heterocycles. The van der Waals surface area contributed by atoms with Crippen LogP contribution in [0, 0.1) is 11.3 Å². The largest absolute Gasteiger partial charge is 0.416 e. The highest BCUT2D eigenvalue weighted by atomic mass is 19.4. The third-order valence-corrected chi connectivity index (χ3v) is 5.98. The number of nitrogens with two attached hydrogens (primary N) is 2. The Kier molecular flexibility index (Phi) is 9.72. The number of rotatable bonds is 10. The third kappa shape index (κ3) is 7.08. The Hall–Kier alpha value is -2.84. The summed E-state index contributed by atoms with van der Waals surface area (Å²) in [6.45, 7) is 5.50. The lowest BCUT2D eigenvalue weighted by Gasteiger charge is -2.37. The van der Waals surface area contributed by atoms with Crippen LogP contribution in [0.1, 0.15) is 40.5 Å². The molecule has 4 amide bonds. The van der Waals surface area contributed by atoms with Crippen molar-refractivity contribution in [2.24, 2.45) is 22.8 Å². The number of nitrogens with one attached hydrogen (secondary N) is 3. The van der Waals surface area contributed by atoms with Crippen molar-refractivity contribution in [3.8, 4) is 0 Å². The number of allylic oxidation sites excluding steroid dienone is 1. The zero-order chi connectivity index (χ0) is 27.4. The van der Waals surface area contributed by atoms with Gasteiger partial charge >= 0.3 is 12.2 Å². The highest BCUT2D eigenvalue weighted by Crippen LogP contribution is 2.31. The highest BCUT2D eigenvalue weighted by Gasteiger charge is 2.55. The SMILES string of the molecule is CC(C)C(NC(=O)[C@@]1(C(=O)[C@@H](N)C(C)(C)C(=O)/C=C\C(=O)NC(N)=O)CCCN1)C(O)C(F)(F)F. The van der Waals surface area contributed by atoms with Gasteiger partial charge in [0, 0.05) is 11.5 Å². The Labute approximate surface area is 200 Å². The predicted octanol–water partition coefficient (Wildman–Crippen LogP) is -0.585. The molecule has 4 atom stereocenters. The number of carbonyl (C=O) groups is 5. The molecule has 0 radical (unpaired) electrons. The fourth-order valence-corrected chi connectivity index (χ4v) is 3.62. The number of alkyl halides is 3. The first-order chi connectivity index (χ1) is 15.9. The lowest BCUT2D eigenvalue weighted by Crippen LogP contribution is -2.68. The maximum Gasteiger partial charge on any atom is 0.416 e. The van der Waals surface area contributed by atoms with E-state index in [0.717, 1.165) is 6.08 Å². The number of ketones is 2. The van der Waals surface area contributed by atoms with Crippen molar-refractivity contribution in [1.82, 2.24) is 16.0 Å². The van der Waals surface area contributed by atoms with Crippen molar-refractivity contribution >= 4 is 29.4 Å². The molecule has 35 heavy (non-hydrogen) atoms. The van der Waals surface area contributed by atoms with Crippen molar-refractivity contribution in [3.05, 3.63) is 12.2 Å². The molecule has 1 fully saturated rings. The topological polar surface area (TPSA) is 194 Å². The van der Waals surface area contributed by atoms with Crippen LogP contribution in [-0.2, 0) is 19.2 Å². The quantitative estimate of drug-likeness (QED) is 0.167. The van der Waals surface area contributed by atoms with E-state index in [9.17, 15) is 42.3 Å². The third-order valence-electron chi connectivity index (χ3n) is 5.98. The average Bonchev–Trinajstić information content (AvgIpc) is 3.23. The van der Waals surface area contributed by atoms with Gasteiger partial charge in [0.05, 0.1) is 12.1 Å². The molecule has 1 rings (SSSR count). The molecule has 2 unspecified atom stereocenters. The molecule has 0 bridgehead atoms. The summed E-state index contributed by atoms with van der Waals surface area (Å²) in [7, 11) is 0. The van der Waals surface area contributed by atoms with Crippen LogP contribution in [0.4, 0.5) is 18.0 Å². The number of amides is 4. The van der Waals surface area contributed by atoms with E-state index in [0.29, 0.717) is 12.5 Å². The van der Waals surface area contributed by atoms with E-state index in [1.807, 2.05) is 0 Å². The number of hydrogen-bond donors (Lipinski definition) is 6. The first-order valence-electron chi connectivity index (χ1n) is 10.8. The summed E-state index contributed by atoms with van der Waals surface area (Å²) >= 11 is 0. The summed E-state index contributed by atoms with van der Waals surface area (Å²) in [6, 6.07) is -4.50. The number of urea groups is 1. The summed E-state index contributed by atoms with van der Waals surface area (Å²) in [5.41, 5.74) is 7.20. The van der Waals surface area contributed by atoms with Crippen LogP contribution in [-0.4, -0.2) is 71.0 Å². The number of Topliss-reactive ketones (excluding diaryl/α,β-unsaturated/α-hetero) is 1. The lowest BCUT2D eigenvalue weighted by atomic mass is 9.73. The maximum atomic E-state index is 13.4. The van der Waals surface area contributed by atoms with Crippen LogP contribution in [0.5, 0.6) is 0 Å². The van der Waals surface area contributed by atoms with E-state index in [1.54, 1.807) is 5.32 Å². The van der Waals surface area contributed by atoms with Gasteiger partial charge in [-0.25, -0.2) is 4.79 Å². The minimum Gasteiger partial charge on any atom is -0.382 e. The second kappa shape index (κ2) is 11.3. The smallest absolute Gasteiger partial charge is 0.382 e. The summed E-state index contributed by atoms with van der Waals surface area (Å²) in [5.74, 6) is -4.66. The molecule has 11 nitrogen and oxygen atoms in total. The van der Waals surface area contributed by atoms with Crippen molar-refractivity contribution in [2.75, 3.05) is 6.54 Å². The number of aliphatic hydroxyl groups excluding tert-OH is 1. The molecular formula is C21H32F3N5O6. The molecule has 14 heteroatoms. The number of halogens is 3. The summed E-state index contributed by atoms with van der Waals surface area (Å²) in [4.78, 5) is 61.4. The fraction of sp³-hybridized carbons (Fsp3) is 0.667. The molecule has 0 aromatic carbocycles. The van der Waals surface area contributed by atoms with Gasteiger partial charge in [-0.2, -0.15) is 13.2 Å². The van der Waals surface area contributed by atoms with Crippen LogP contribution in [0.3, 0.4) is 0 Å². The fourth-order valence-electron chi connectivity index (χ4n) is 3.62.